The van der Waals surface area contributed by atoms with Gasteiger partial charge >= 0.3 is 0 Å². The van der Waals surface area contributed by atoms with E-state index in [-0.39, 0.29) is 6.61 Å². The zero-order chi connectivity index (χ0) is 14.7. The van der Waals surface area contributed by atoms with Crippen LogP contribution < -0.4 is 4.74 Å². The van der Waals surface area contributed by atoms with Crippen LogP contribution in [0.1, 0.15) is 5.89 Å². The van der Waals surface area contributed by atoms with Crippen molar-refractivity contribution >= 4 is 27.5 Å². The molecule has 6 heteroatoms. The van der Waals surface area contributed by atoms with E-state index in [1.165, 1.54) is 0 Å². The lowest BCUT2D eigenvalue weighted by Crippen LogP contribution is -1.95. The van der Waals surface area contributed by atoms with E-state index in [0.29, 0.717) is 16.7 Å². The summed E-state index contributed by atoms with van der Waals surface area (Å²) in [5, 5.41) is 4.59. The summed E-state index contributed by atoms with van der Waals surface area (Å²) in [5.74, 6) is 1.66. The van der Waals surface area contributed by atoms with Gasteiger partial charge in [-0.15, -0.1) is 0 Å². The lowest BCUT2D eigenvalue weighted by Gasteiger charge is -2.02. The molecule has 1 heterocycles. The molecule has 106 valence electrons. The number of rotatable bonds is 4. The van der Waals surface area contributed by atoms with Gasteiger partial charge in [0.05, 0.1) is 0 Å². The van der Waals surface area contributed by atoms with Crippen LogP contribution in [0, 0.1) is 0 Å². The van der Waals surface area contributed by atoms with Crippen molar-refractivity contribution in [2.45, 2.75) is 6.61 Å². The van der Waals surface area contributed by atoms with Crippen molar-refractivity contribution in [1.29, 1.82) is 0 Å². The zero-order valence-electron chi connectivity index (χ0n) is 10.8. The highest BCUT2D eigenvalue weighted by Crippen LogP contribution is 2.21. The van der Waals surface area contributed by atoms with Gasteiger partial charge in [0.2, 0.25) is 5.82 Å². The van der Waals surface area contributed by atoms with Crippen molar-refractivity contribution in [2.75, 3.05) is 0 Å². The Bertz CT molecular complexity index is 743. The van der Waals surface area contributed by atoms with Crippen LogP contribution in [0.15, 0.2) is 57.5 Å². The number of benzene rings is 2. The molecule has 21 heavy (non-hydrogen) atoms. The van der Waals surface area contributed by atoms with Gasteiger partial charge < -0.3 is 9.26 Å². The Morgan fingerprint density at radius 1 is 1.14 bits per heavy atom. The van der Waals surface area contributed by atoms with E-state index >= 15 is 0 Å². The molecule has 3 aromatic rings. The SMILES string of the molecule is Clc1ccc(-c2noc(COc3cccc(Br)c3)n2)cc1. The van der Waals surface area contributed by atoms with Gasteiger partial charge in [-0.1, -0.05) is 38.8 Å². The van der Waals surface area contributed by atoms with Crippen molar-refractivity contribution in [3.8, 4) is 17.1 Å². The van der Waals surface area contributed by atoms with E-state index in [0.717, 1.165) is 15.8 Å². The van der Waals surface area contributed by atoms with Gasteiger partial charge in [-0.3, -0.25) is 0 Å². The molecule has 0 fully saturated rings. The fourth-order valence-corrected chi connectivity index (χ4v) is 2.24. The second-order valence-electron chi connectivity index (χ2n) is 4.26. The van der Waals surface area contributed by atoms with Crippen molar-refractivity contribution in [3.63, 3.8) is 0 Å². The summed E-state index contributed by atoms with van der Waals surface area (Å²) in [5.41, 5.74) is 0.844. The molecule has 0 spiro atoms. The first-order valence-corrected chi connectivity index (χ1v) is 7.35. The van der Waals surface area contributed by atoms with Gasteiger partial charge in [0.15, 0.2) is 6.61 Å². The molecule has 0 amide bonds. The monoisotopic (exact) mass is 364 g/mol. The van der Waals surface area contributed by atoms with Gasteiger partial charge in [0.1, 0.15) is 5.75 Å². The number of halogens is 2. The average Bonchev–Trinajstić information content (AvgIpc) is 2.95. The molecule has 3 rings (SSSR count). The second-order valence-corrected chi connectivity index (χ2v) is 5.62. The molecule has 1 aromatic heterocycles. The molecule has 0 unspecified atom stereocenters. The van der Waals surface area contributed by atoms with E-state index < -0.39 is 0 Å². The minimum Gasteiger partial charge on any atom is -0.484 e. The molecule has 4 nitrogen and oxygen atoms in total. The Kier molecular flexibility index (Phi) is 4.22. The third-order valence-corrected chi connectivity index (χ3v) is 3.47. The maximum Gasteiger partial charge on any atom is 0.264 e. The highest BCUT2D eigenvalue weighted by atomic mass is 79.9. The van der Waals surface area contributed by atoms with Crippen LogP contribution in [-0.2, 0) is 6.61 Å². The number of hydrogen-bond donors (Lipinski definition) is 0. The molecular formula is C15H10BrClN2O2. The molecule has 0 bridgehead atoms. The molecule has 0 atom stereocenters. The van der Waals surface area contributed by atoms with E-state index in [9.17, 15) is 0 Å². The van der Waals surface area contributed by atoms with Crippen LogP contribution in [0.5, 0.6) is 5.75 Å². The average molecular weight is 366 g/mol. The number of hydrogen-bond acceptors (Lipinski definition) is 4. The predicted octanol–water partition coefficient (Wildman–Crippen LogP) is 4.73. The van der Waals surface area contributed by atoms with Crippen molar-refractivity contribution in [2.24, 2.45) is 0 Å². The lowest BCUT2D eigenvalue weighted by molar-refractivity contribution is 0.243. The second kappa shape index (κ2) is 6.28. The molecule has 0 saturated carbocycles. The van der Waals surface area contributed by atoms with E-state index in [2.05, 4.69) is 26.1 Å². The third-order valence-electron chi connectivity index (χ3n) is 2.73. The number of ether oxygens (including phenoxy) is 1. The Balaban J connectivity index is 1.69. The molecule has 0 radical (unpaired) electrons. The van der Waals surface area contributed by atoms with Crippen LogP contribution in [0.3, 0.4) is 0 Å². The highest BCUT2D eigenvalue weighted by molar-refractivity contribution is 9.10. The maximum atomic E-state index is 5.85. The first-order chi connectivity index (χ1) is 10.2. The van der Waals surface area contributed by atoms with Gasteiger partial charge in [0, 0.05) is 15.1 Å². The first-order valence-electron chi connectivity index (χ1n) is 6.17. The zero-order valence-corrected chi connectivity index (χ0v) is 13.1. The Labute approximate surface area is 134 Å². The standard InChI is InChI=1S/C15H10BrClN2O2/c16-11-2-1-3-13(8-11)20-9-14-18-15(19-21-14)10-4-6-12(17)7-5-10/h1-8H,9H2. The van der Waals surface area contributed by atoms with Crippen molar-refractivity contribution in [1.82, 2.24) is 10.1 Å². The fraction of sp³-hybridized carbons (Fsp3) is 0.0667. The largest absolute Gasteiger partial charge is 0.484 e. The van der Waals surface area contributed by atoms with Gasteiger partial charge in [-0.05, 0) is 42.5 Å². The van der Waals surface area contributed by atoms with Crippen LogP contribution in [0.25, 0.3) is 11.4 Å². The predicted molar refractivity (Wildman–Crippen MR) is 83.2 cm³/mol. The molecular weight excluding hydrogens is 356 g/mol. The summed E-state index contributed by atoms with van der Waals surface area (Å²) in [6.45, 7) is 0.219. The fourth-order valence-electron chi connectivity index (χ4n) is 1.73. The molecule has 0 N–H and O–H groups in total. The molecule has 2 aromatic carbocycles. The smallest absolute Gasteiger partial charge is 0.264 e. The maximum absolute atomic E-state index is 5.85. The lowest BCUT2D eigenvalue weighted by atomic mass is 10.2. The van der Waals surface area contributed by atoms with E-state index in [4.69, 9.17) is 20.9 Å². The summed E-state index contributed by atoms with van der Waals surface area (Å²) in [7, 11) is 0. The van der Waals surface area contributed by atoms with Crippen LogP contribution in [0.2, 0.25) is 5.02 Å². The summed E-state index contributed by atoms with van der Waals surface area (Å²) in [6.07, 6.45) is 0. The molecule has 0 aliphatic rings. The molecule has 0 saturated heterocycles. The Morgan fingerprint density at radius 2 is 1.95 bits per heavy atom. The van der Waals surface area contributed by atoms with Crippen LogP contribution in [-0.4, -0.2) is 10.1 Å². The minimum atomic E-state index is 0.219. The normalized spacial score (nSPS) is 10.6. The summed E-state index contributed by atoms with van der Waals surface area (Å²) in [4.78, 5) is 4.29. The quantitative estimate of drug-likeness (QED) is 0.670. The summed E-state index contributed by atoms with van der Waals surface area (Å²) >= 11 is 9.23. The first kappa shape index (κ1) is 14.1. The van der Waals surface area contributed by atoms with Crippen LogP contribution >= 0.6 is 27.5 Å². The Hall–Kier alpha value is -1.85. The van der Waals surface area contributed by atoms with E-state index in [1.54, 1.807) is 12.1 Å². The van der Waals surface area contributed by atoms with Crippen LogP contribution in [0.4, 0.5) is 0 Å². The summed E-state index contributed by atoms with van der Waals surface area (Å²) in [6, 6.07) is 14.8. The topological polar surface area (TPSA) is 48.2 Å². The summed E-state index contributed by atoms with van der Waals surface area (Å²) < 4.78 is 11.7. The third kappa shape index (κ3) is 3.62. The van der Waals surface area contributed by atoms with Gasteiger partial charge in [0.25, 0.3) is 5.89 Å². The molecule has 0 aliphatic heterocycles. The van der Waals surface area contributed by atoms with Crippen molar-refractivity contribution in [3.05, 3.63) is 63.9 Å². The van der Waals surface area contributed by atoms with Crippen molar-refractivity contribution < 1.29 is 9.26 Å². The van der Waals surface area contributed by atoms with Gasteiger partial charge in [-0.25, -0.2) is 0 Å². The van der Waals surface area contributed by atoms with Gasteiger partial charge in [-0.2, -0.15) is 4.98 Å². The Morgan fingerprint density at radius 3 is 2.71 bits per heavy atom. The molecule has 0 aliphatic carbocycles. The highest BCUT2D eigenvalue weighted by Gasteiger charge is 2.09. The number of nitrogens with zero attached hydrogens (tertiary/aromatic N) is 2. The van der Waals surface area contributed by atoms with E-state index in [1.807, 2.05) is 36.4 Å². The number of aromatic nitrogens is 2. The minimum absolute atomic E-state index is 0.219.